The van der Waals surface area contributed by atoms with Crippen LogP contribution in [0.15, 0.2) is 12.4 Å². The van der Waals surface area contributed by atoms with Gasteiger partial charge >= 0.3 is 0 Å². The minimum atomic E-state index is 0.654. The van der Waals surface area contributed by atoms with E-state index in [0.717, 1.165) is 25.0 Å². The van der Waals surface area contributed by atoms with Crippen molar-refractivity contribution in [3.05, 3.63) is 12.4 Å². The van der Waals surface area contributed by atoms with Crippen molar-refractivity contribution < 1.29 is 0 Å². The lowest BCUT2D eigenvalue weighted by atomic mass is 10.1. The van der Waals surface area contributed by atoms with Crippen LogP contribution in [0.4, 0.5) is 5.95 Å². The molecule has 0 saturated carbocycles. The topological polar surface area (TPSA) is 33.1 Å². The molecule has 1 fully saturated rings. The number of nitrogens with one attached hydrogen (secondary N) is 1. The first-order chi connectivity index (χ1) is 8.69. The van der Waals surface area contributed by atoms with Gasteiger partial charge in [0, 0.05) is 32.0 Å². The Kier molecular flexibility index (Phi) is 4.64. The fourth-order valence-corrected chi connectivity index (χ4v) is 2.62. The van der Waals surface area contributed by atoms with Crippen LogP contribution in [0.2, 0.25) is 0 Å². The molecule has 1 aliphatic heterocycles. The van der Waals surface area contributed by atoms with E-state index >= 15 is 0 Å². The van der Waals surface area contributed by atoms with Crippen molar-refractivity contribution in [2.24, 2.45) is 11.8 Å². The number of imidazole rings is 1. The predicted molar refractivity (Wildman–Crippen MR) is 75.8 cm³/mol. The monoisotopic (exact) mass is 250 g/mol. The molecule has 4 heteroatoms. The van der Waals surface area contributed by atoms with Gasteiger partial charge in [-0.3, -0.25) is 0 Å². The summed E-state index contributed by atoms with van der Waals surface area (Å²) in [4.78, 5) is 6.93. The van der Waals surface area contributed by atoms with E-state index < -0.39 is 0 Å². The van der Waals surface area contributed by atoms with Crippen molar-refractivity contribution in [1.29, 1.82) is 0 Å². The molecule has 0 aromatic carbocycles. The molecular weight excluding hydrogens is 224 g/mol. The van der Waals surface area contributed by atoms with Crippen molar-refractivity contribution in [3.8, 4) is 0 Å². The van der Waals surface area contributed by atoms with Gasteiger partial charge in [0.25, 0.3) is 0 Å². The normalized spacial score (nSPS) is 20.8. The number of anilines is 1. The summed E-state index contributed by atoms with van der Waals surface area (Å²) in [7, 11) is 0. The first kappa shape index (κ1) is 13.4. The molecule has 0 amide bonds. The van der Waals surface area contributed by atoms with Crippen LogP contribution in [-0.2, 0) is 6.54 Å². The highest BCUT2D eigenvalue weighted by Gasteiger charge is 2.21. The van der Waals surface area contributed by atoms with Crippen molar-refractivity contribution in [2.75, 3.05) is 31.5 Å². The van der Waals surface area contributed by atoms with Gasteiger partial charge in [0.05, 0.1) is 0 Å². The molecule has 1 atom stereocenters. The Balaban J connectivity index is 1.81. The minimum Gasteiger partial charge on any atom is -0.355 e. The Labute approximate surface area is 110 Å². The lowest BCUT2D eigenvalue weighted by molar-refractivity contribution is 0.344. The molecule has 0 radical (unpaired) electrons. The van der Waals surface area contributed by atoms with Crippen LogP contribution < -0.4 is 5.32 Å². The van der Waals surface area contributed by atoms with Crippen LogP contribution in [-0.4, -0.2) is 40.6 Å². The van der Waals surface area contributed by atoms with E-state index in [0.29, 0.717) is 5.92 Å². The van der Waals surface area contributed by atoms with Crippen LogP contribution in [0.1, 0.15) is 27.2 Å². The van der Waals surface area contributed by atoms with E-state index in [2.05, 4.69) is 46.7 Å². The Hall–Kier alpha value is -1.03. The third-order valence-electron chi connectivity index (χ3n) is 3.64. The molecule has 2 heterocycles. The Morgan fingerprint density at radius 1 is 1.50 bits per heavy atom. The summed E-state index contributed by atoms with van der Waals surface area (Å²) in [5.74, 6) is 2.45. The number of rotatable bonds is 6. The summed E-state index contributed by atoms with van der Waals surface area (Å²) >= 11 is 0. The first-order valence-electron chi connectivity index (χ1n) is 7.16. The molecule has 2 rings (SSSR count). The lowest BCUT2D eigenvalue weighted by Crippen LogP contribution is -2.23. The van der Waals surface area contributed by atoms with Crippen molar-refractivity contribution >= 4 is 5.95 Å². The molecule has 1 aliphatic rings. The molecule has 1 N–H and O–H groups in total. The maximum Gasteiger partial charge on any atom is 0.202 e. The van der Waals surface area contributed by atoms with Crippen molar-refractivity contribution in [1.82, 2.24) is 14.5 Å². The number of hydrogen-bond donors (Lipinski definition) is 1. The summed E-state index contributed by atoms with van der Waals surface area (Å²) < 4.78 is 2.22. The molecule has 1 unspecified atom stereocenters. The standard InChI is InChI=1S/C14H26N4/c1-4-17-7-5-13(11-17)9-16-14-15-6-8-18(14)10-12(2)3/h6,8,12-13H,4-5,7,9-11H2,1-3H3,(H,15,16). The molecule has 102 valence electrons. The lowest BCUT2D eigenvalue weighted by Gasteiger charge is -2.15. The summed E-state index contributed by atoms with van der Waals surface area (Å²) in [5.41, 5.74) is 0. The number of nitrogens with zero attached hydrogens (tertiary/aromatic N) is 3. The van der Waals surface area contributed by atoms with Crippen molar-refractivity contribution in [2.45, 2.75) is 33.7 Å². The van der Waals surface area contributed by atoms with Crippen LogP contribution in [0, 0.1) is 11.8 Å². The van der Waals surface area contributed by atoms with E-state index in [4.69, 9.17) is 0 Å². The number of likely N-dealkylation sites (tertiary alicyclic amines) is 1. The zero-order valence-corrected chi connectivity index (χ0v) is 11.9. The van der Waals surface area contributed by atoms with Gasteiger partial charge in [-0.05, 0) is 31.3 Å². The second-order valence-electron chi connectivity index (χ2n) is 5.73. The third-order valence-corrected chi connectivity index (χ3v) is 3.64. The molecule has 0 bridgehead atoms. The average Bonchev–Trinajstić information content (AvgIpc) is 2.94. The molecule has 0 aliphatic carbocycles. The summed E-state index contributed by atoms with van der Waals surface area (Å²) in [5, 5.41) is 3.51. The SMILES string of the molecule is CCN1CCC(CNc2nccn2CC(C)C)C1. The van der Waals surface area contributed by atoms with Gasteiger partial charge in [-0.25, -0.2) is 4.98 Å². The molecule has 4 nitrogen and oxygen atoms in total. The highest BCUT2D eigenvalue weighted by Crippen LogP contribution is 2.16. The highest BCUT2D eigenvalue weighted by atomic mass is 15.2. The Morgan fingerprint density at radius 2 is 2.33 bits per heavy atom. The number of aromatic nitrogens is 2. The van der Waals surface area contributed by atoms with E-state index in [-0.39, 0.29) is 0 Å². The zero-order chi connectivity index (χ0) is 13.0. The fourth-order valence-electron chi connectivity index (χ4n) is 2.62. The highest BCUT2D eigenvalue weighted by molar-refractivity contribution is 5.26. The van der Waals surface area contributed by atoms with Gasteiger partial charge in [0.15, 0.2) is 0 Å². The summed E-state index contributed by atoms with van der Waals surface area (Å²) in [6, 6.07) is 0. The summed E-state index contributed by atoms with van der Waals surface area (Å²) in [6.45, 7) is 12.5. The van der Waals surface area contributed by atoms with Crippen molar-refractivity contribution in [3.63, 3.8) is 0 Å². The van der Waals surface area contributed by atoms with Gasteiger partial charge in [-0.1, -0.05) is 20.8 Å². The van der Waals surface area contributed by atoms with Gasteiger partial charge in [-0.15, -0.1) is 0 Å². The fraction of sp³-hybridized carbons (Fsp3) is 0.786. The van der Waals surface area contributed by atoms with Crippen LogP contribution >= 0.6 is 0 Å². The summed E-state index contributed by atoms with van der Waals surface area (Å²) in [6.07, 6.45) is 5.26. The molecule has 18 heavy (non-hydrogen) atoms. The van der Waals surface area contributed by atoms with Crippen LogP contribution in [0.25, 0.3) is 0 Å². The van der Waals surface area contributed by atoms with Crippen LogP contribution in [0.3, 0.4) is 0 Å². The first-order valence-corrected chi connectivity index (χ1v) is 7.16. The van der Waals surface area contributed by atoms with Crippen LogP contribution in [0.5, 0.6) is 0 Å². The maximum absolute atomic E-state index is 4.41. The molecule has 0 spiro atoms. The quantitative estimate of drug-likeness (QED) is 0.841. The second kappa shape index (κ2) is 6.23. The maximum atomic E-state index is 4.41. The largest absolute Gasteiger partial charge is 0.355 e. The van der Waals surface area contributed by atoms with E-state index in [9.17, 15) is 0 Å². The Bertz CT molecular complexity index is 358. The third kappa shape index (κ3) is 3.48. The Morgan fingerprint density at radius 3 is 3.00 bits per heavy atom. The van der Waals surface area contributed by atoms with Gasteiger partial charge in [0.1, 0.15) is 0 Å². The predicted octanol–water partition coefficient (Wildman–Crippen LogP) is 2.29. The van der Waals surface area contributed by atoms with E-state index in [1.165, 1.54) is 26.1 Å². The van der Waals surface area contributed by atoms with Gasteiger partial charge < -0.3 is 14.8 Å². The minimum absolute atomic E-state index is 0.654. The van der Waals surface area contributed by atoms with E-state index in [1.807, 2.05) is 6.20 Å². The molecular formula is C14H26N4. The molecule has 1 saturated heterocycles. The smallest absolute Gasteiger partial charge is 0.202 e. The zero-order valence-electron chi connectivity index (χ0n) is 11.9. The van der Waals surface area contributed by atoms with Gasteiger partial charge in [-0.2, -0.15) is 0 Å². The molecule has 1 aromatic rings. The van der Waals surface area contributed by atoms with Gasteiger partial charge in [0.2, 0.25) is 5.95 Å². The second-order valence-corrected chi connectivity index (χ2v) is 5.73. The number of hydrogen-bond acceptors (Lipinski definition) is 3. The van der Waals surface area contributed by atoms with E-state index in [1.54, 1.807) is 0 Å². The molecule has 1 aromatic heterocycles. The average molecular weight is 250 g/mol.